The molecule has 0 spiro atoms. The molecule has 0 aromatic heterocycles. The van der Waals surface area contributed by atoms with Crippen LogP contribution >= 0.6 is 31.9 Å². The second kappa shape index (κ2) is 5.68. The van der Waals surface area contributed by atoms with Crippen LogP contribution in [0.4, 0.5) is 20.2 Å². The van der Waals surface area contributed by atoms with Gasteiger partial charge < -0.3 is 5.32 Å². The largest absolute Gasteiger partial charge is 0.351 e. The van der Waals surface area contributed by atoms with E-state index in [1.54, 1.807) is 24.3 Å². The molecule has 2 aromatic rings. The van der Waals surface area contributed by atoms with Crippen molar-refractivity contribution in [3.05, 3.63) is 56.5 Å². The lowest BCUT2D eigenvalue weighted by atomic mass is 10.2. The Labute approximate surface area is 125 Å². The summed E-state index contributed by atoms with van der Waals surface area (Å²) in [7, 11) is 0. The molecular weight excluding hydrogens is 382 g/mol. The Bertz CT molecular complexity index is 661. The molecule has 0 fully saturated rings. The van der Waals surface area contributed by atoms with Gasteiger partial charge in [0.05, 0.1) is 16.9 Å². The molecule has 0 aliphatic carbocycles. The van der Waals surface area contributed by atoms with Crippen molar-refractivity contribution < 1.29 is 8.78 Å². The first-order valence-electron chi connectivity index (χ1n) is 5.13. The van der Waals surface area contributed by atoms with E-state index in [9.17, 15) is 8.78 Å². The third-order valence-corrected chi connectivity index (χ3v) is 3.75. The van der Waals surface area contributed by atoms with E-state index >= 15 is 0 Å². The summed E-state index contributed by atoms with van der Waals surface area (Å²) < 4.78 is 28.7. The Hall–Kier alpha value is -1.45. The fraction of sp³-hybridized carbons (Fsp3) is 0. The van der Waals surface area contributed by atoms with Crippen LogP contribution in [0.5, 0.6) is 0 Å². The highest BCUT2D eigenvalue weighted by molar-refractivity contribution is 9.11. The molecule has 0 aliphatic heterocycles. The van der Waals surface area contributed by atoms with Crippen LogP contribution in [0.25, 0.3) is 0 Å². The zero-order valence-corrected chi connectivity index (χ0v) is 12.5. The second-order valence-corrected chi connectivity index (χ2v) is 5.33. The fourth-order valence-corrected chi connectivity index (χ4v) is 2.68. The van der Waals surface area contributed by atoms with Gasteiger partial charge in [0.15, 0.2) is 11.6 Å². The Kier molecular flexibility index (Phi) is 4.17. The summed E-state index contributed by atoms with van der Waals surface area (Å²) >= 11 is 6.63. The standard InChI is InChI=1S/C13H6Br2F2N2/c14-8-2-1-3-9(15)13(8)19-10-5-4-7(6-18)11(16)12(10)17/h1-5,19H. The quantitative estimate of drug-likeness (QED) is 0.777. The van der Waals surface area contributed by atoms with E-state index in [-0.39, 0.29) is 11.3 Å². The van der Waals surface area contributed by atoms with Gasteiger partial charge in [0.25, 0.3) is 0 Å². The van der Waals surface area contributed by atoms with Gasteiger partial charge in [0.2, 0.25) is 0 Å². The monoisotopic (exact) mass is 386 g/mol. The van der Waals surface area contributed by atoms with Crippen molar-refractivity contribution in [1.29, 1.82) is 5.26 Å². The zero-order chi connectivity index (χ0) is 14.0. The maximum atomic E-state index is 13.8. The average Bonchev–Trinajstić information content (AvgIpc) is 2.39. The lowest BCUT2D eigenvalue weighted by molar-refractivity contribution is 0.509. The number of nitriles is 1. The fourth-order valence-electron chi connectivity index (χ4n) is 1.48. The van der Waals surface area contributed by atoms with Gasteiger partial charge in [-0.1, -0.05) is 6.07 Å². The third kappa shape index (κ3) is 2.77. The SMILES string of the molecule is N#Cc1ccc(Nc2c(Br)cccc2Br)c(F)c1F. The van der Waals surface area contributed by atoms with Crippen LogP contribution in [0.15, 0.2) is 39.3 Å². The first-order valence-corrected chi connectivity index (χ1v) is 6.72. The molecule has 0 radical (unpaired) electrons. The van der Waals surface area contributed by atoms with Gasteiger partial charge in [-0.15, -0.1) is 0 Å². The molecule has 19 heavy (non-hydrogen) atoms. The normalized spacial score (nSPS) is 10.1. The van der Waals surface area contributed by atoms with Crippen molar-refractivity contribution in [3.8, 4) is 6.07 Å². The van der Waals surface area contributed by atoms with Gasteiger partial charge in [0.1, 0.15) is 6.07 Å². The molecule has 0 heterocycles. The van der Waals surface area contributed by atoms with Crippen molar-refractivity contribution in [2.45, 2.75) is 0 Å². The number of anilines is 2. The molecule has 0 saturated carbocycles. The van der Waals surface area contributed by atoms with E-state index in [1.165, 1.54) is 12.1 Å². The van der Waals surface area contributed by atoms with Gasteiger partial charge in [0, 0.05) is 8.95 Å². The molecule has 0 aliphatic rings. The van der Waals surface area contributed by atoms with Crippen molar-refractivity contribution in [3.63, 3.8) is 0 Å². The van der Waals surface area contributed by atoms with E-state index in [1.807, 2.05) is 0 Å². The summed E-state index contributed by atoms with van der Waals surface area (Å²) in [6.07, 6.45) is 0. The number of hydrogen-bond acceptors (Lipinski definition) is 2. The first-order chi connectivity index (χ1) is 9.04. The molecule has 96 valence electrons. The summed E-state index contributed by atoms with van der Waals surface area (Å²) in [6.45, 7) is 0. The molecular formula is C13H6Br2F2N2. The van der Waals surface area contributed by atoms with Crippen LogP contribution in [0.3, 0.4) is 0 Å². The Balaban J connectivity index is 2.46. The summed E-state index contributed by atoms with van der Waals surface area (Å²) in [5.74, 6) is -2.24. The maximum absolute atomic E-state index is 13.8. The Morgan fingerprint density at radius 1 is 1.00 bits per heavy atom. The molecule has 1 N–H and O–H groups in total. The molecule has 0 atom stereocenters. The summed E-state index contributed by atoms with van der Waals surface area (Å²) in [6, 6.07) is 9.48. The van der Waals surface area contributed by atoms with E-state index in [0.717, 1.165) is 0 Å². The van der Waals surface area contributed by atoms with Gasteiger partial charge in [-0.25, -0.2) is 8.78 Å². The minimum absolute atomic E-state index is 0.0379. The first kappa shape index (κ1) is 14.0. The van der Waals surface area contributed by atoms with Crippen molar-refractivity contribution in [1.82, 2.24) is 0 Å². The number of rotatable bonds is 2. The predicted octanol–water partition coefficient (Wildman–Crippen LogP) is 5.11. The minimum atomic E-state index is -1.16. The molecule has 0 saturated heterocycles. The van der Waals surface area contributed by atoms with Crippen LogP contribution in [-0.4, -0.2) is 0 Å². The second-order valence-electron chi connectivity index (χ2n) is 3.62. The predicted molar refractivity (Wildman–Crippen MR) is 76.2 cm³/mol. The maximum Gasteiger partial charge on any atom is 0.183 e. The number of nitrogens with zero attached hydrogens (tertiary/aromatic N) is 1. The van der Waals surface area contributed by atoms with Gasteiger partial charge in [-0.2, -0.15) is 5.26 Å². The molecule has 2 rings (SSSR count). The molecule has 2 aromatic carbocycles. The van der Waals surface area contributed by atoms with Gasteiger partial charge >= 0.3 is 0 Å². The van der Waals surface area contributed by atoms with Gasteiger partial charge in [-0.05, 0) is 56.1 Å². The van der Waals surface area contributed by atoms with Crippen LogP contribution in [0, 0.1) is 23.0 Å². The van der Waals surface area contributed by atoms with Gasteiger partial charge in [-0.3, -0.25) is 0 Å². The Morgan fingerprint density at radius 2 is 1.63 bits per heavy atom. The van der Waals surface area contributed by atoms with E-state index in [0.29, 0.717) is 14.6 Å². The average molecular weight is 388 g/mol. The number of halogens is 4. The molecule has 0 bridgehead atoms. The summed E-state index contributed by atoms with van der Waals surface area (Å²) in [4.78, 5) is 0. The van der Waals surface area contributed by atoms with Crippen molar-refractivity contribution >= 4 is 43.2 Å². The number of hydrogen-bond donors (Lipinski definition) is 1. The van der Waals surface area contributed by atoms with Crippen LogP contribution < -0.4 is 5.32 Å². The van der Waals surface area contributed by atoms with Crippen molar-refractivity contribution in [2.24, 2.45) is 0 Å². The zero-order valence-electron chi connectivity index (χ0n) is 9.35. The van der Waals surface area contributed by atoms with E-state index in [4.69, 9.17) is 5.26 Å². The number of nitrogens with one attached hydrogen (secondary N) is 1. The third-order valence-electron chi connectivity index (χ3n) is 2.43. The Morgan fingerprint density at radius 3 is 2.21 bits per heavy atom. The summed E-state index contributed by atoms with van der Waals surface area (Å²) in [5.41, 5.74) is 0.212. The molecule has 0 unspecified atom stereocenters. The summed E-state index contributed by atoms with van der Waals surface area (Å²) in [5, 5.41) is 11.4. The van der Waals surface area contributed by atoms with Crippen molar-refractivity contribution in [2.75, 3.05) is 5.32 Å². The number of para-hydroxylation sites is 1. The minimum Gasteiger partial charge on any atom is -0.351 e. The van der Waals surface area contributed by atoms with E-state index < -0.39 is 11.6 Å². The molecule has 2 nitrogen and oxygen atoms in total. The highest BCUT2D eigenvalue weighted by atomic mass is 79.9. The lowest BCUT2D eigenvalue weighted by Crippen LogP contribution is -1.99. The highest BCUT2D eigenvalue weighted by Crippen LogP contribution is 2.34. The van der Waals surface area contributed by atoms with Crippen LogP contribution in [0.2, 0.25) is 0 Å². The smallest absolute Gasteiger partial charge is 0.183 e. The highest BCUT2D eigenvalue weighted by Gasteiger charge is 2.15. The molecule has 6 heteroatoms. The van der Waals surface area contributed by atoms with Crippen LogP contribution in [-0.2, 0) is 0 Å². The molecule has 0 amide bonds. The van der Waals surface area contributed by atoms with E-state index in [2.05, 4.69) is 37.2 Å². The lowest BCUT2D eigenvalue weighted by Gasteiger charge is -2.12. The topological polar surface area (TPSA) is 35.8 Å². The van der Waals surface area contributed by atoms with Crippen LogP contribution in [0.1, 0.15) is 5.56 Å². The number of benzene rings is 2.